The van der Waals surface area contributed by atoms with Crippen LogP contribution in [0, 0.1) is 12.8 Å². The second kappa shape index (κ2) is 6.48. The summed E-state index contributed by atoms with van der Waals surface area (Å²) >= 11 is 0. The minimum absolute atomic E-state index is 0.0173. The summed E-state index contributed by atoms with van der Waals surface area (Å²) in [5, 5.41) is 6.02. The summed E-state index contributed by atoms with van der Waals surface area (Å²) in [6, 6.07) is 7.97. The van der Waals surface area contributed by atoms with Crippen LogP contribution in [-0.4, -0.2) is 42.4 Å². The van der Waals surface area contributed by atoms with Crippen LogP contribution in [0.4, 0.5) is 5.69 Å². The standard InChI is InChI=1S/C17H23N3O2/c1-12-5-7-14(8-6-12)18-16(21)11-20-9-13-3-2-4-15(10-20)19-17(13)22/h5-8,13,15H,2-4,9-11H2,1H3,(H,18,21)(H,19,22)/t13-,15+/m0/s1. The van der Waals surface area contributed by atoms with Gasteiger partial charge in [0.2, 0.25) is 11.8 Å². The fourth-order valence-electron chi connectivity index (χ4n) is 3.31. The molecule has 118 valence electrons. The lowest BCUT2D eigenvalue weighted by atomic mass is 9.99. The van der Waals surface area contributed by atoms with E-state index in [9.17, 15) is 9.59 Å². The quantitative estimate of drug-likeness (QED) is 0.890. The highest BCUT2D eigenvalue weighted by Gasteiger charge is 2.32. The first-order valence-corrected chi connectivity index (χ1v) is 7.99. The van der Waals surface area contributed by atoms with Crippen molar-refractivity contribution in [2.75, 3.05) is 25.0 Å². The van der Waals surface area contributed by atoms with E-state index >= 15 is 0 Å². The van der Waals surface area contributed by atoms with Crippen molar-refractivity contribution in [2.45, 2.75) is 32.2 Å². The van der Waals surface area contributed by atoms with Crippen LogP contribution in [0.1, 0.15) is 24.8 Å². The first-order chi connectivity index (χ1) is 10.6. The summed E-state index contributed by atoms with van der Waals surface area (Å²) in [7, 11) is 0. The lowest BCUT2D eigenvalue weighted by molar-refractivity contribution is -0.125. The molecule has 2 amide bonds. The largest absolute Gasteiger partial charge is 0.352 e. The van der Waals surface area contributed by atoms with Gasteiger partial charge >= 0.3 is 0 Å². The third-order valence-electron chi connectivity index (χ3n) is 4.48. The normalized spacial score (nSPS) is 25.2. The minimum atomic E-state index is -0.0173. The van der Waals surface area contributed by atoms with Crippen LogP contribution in [0.2, 0.25) is 0 Å². The fourth-order valence-corrected chi connectivity index (χ4v) is 3.31. The number of fused-ring (bicyclic) bond motifs is 3. The van der Waals surface area contributed by atoms with E-state index in [1.165, 1.54) is 5.56 Å². The molecule has 3 rings (SSSR count). The van der Waals surface area contributed by atoms with Gasteiger partial charge in [-0.05, 0) is 31.9 Å². The van der Waals surface area contributed by atoms with Gasteiger partial charge in [0.1, 0.15) is 0 Å². The Labute approximate surface area is 131 Å². The van der Waals surface area contributed by atoms with Crippen LogP contribution >= 0.6 is 0 Å². The Balaban J connectivity index is 1.59. The predicted molar refractivity (Wildman–Crippen MR) is 85.5 cm³/mol. The molecule has 2 N–H and O–H groups in total. The SMILES string of the molecule is Cc1ccc(NC(=O)CN2C[C@H]3CCC[C@@H](C2)C(=O)N3)cc1. The van der Waals surface area contributed by atoms with E-state index in [2.05, 4.69) is 15.5 Å². The molecular weight excluding hydrogens is 278 g/mol. The molecule has 2 saturated heterocycles. The number of rotatable bonds is 3. The van der Waals surface area contributed by atoms with Gasteiger partial charge in [0.25, 0.3) is 0 Å². The van der Waals surface area contributed by atoms with E-state index in [0.29, 0.717) is 13.1 Å². The number of anilines is 1. The van der Waals surface area contributed by atoms with E-state index in [0.717, 1.165) is 31.5 Å². The number of amides is 2. The molecule has 2 heterocycles. The Morgan fingerprint density at radius 2 is 2.05 bits per heavy atom. The Morgan fingerprint density at radius 1 is 1.27 bits per heavy atom. The fraction of sp³-hybridized carbons (Fsp3) is 0.529. The number of hydrogen-bond donors (Lipinski definition) is 2. The Morgan fingerprint density at radius 3 is 2.82 bits per heavy atom. The van der Waals surface area contributed by atoms with Gasteiger partial charge in [-0.15, -0.1) is 0 Å². The summed E-state index contributed by atoms with van der Waals surface area (Å²) in [5.74, 6) is 0.167. The first kappa shape index (κ1) is 15.0. The molecule has 0 spiro atoms. The number of benzene rings is 1. The highest BCUT2D eigenvalue weighted by molar-refractivity contribution is 5.92. The molecule has 2 aliphatic heterocycles. The smallest absolute Gasteiger partial charge is 0.238 e. The van der Waals surface area contributed by atoms with Crippen LogP contribution < -0.4 is 10.6 Å². The Kier molecular flexibility index (Phi) is 4.43. The zero-order chi connectivity index (χ0) is 15.5. The molecule has 0 aliphatic carbocycles. The number of likely N-dealkylation sites (tertiary alicyclic amines) is 1. The van der Waals surface area contributed by atoms with Gasteiger partial charge in [-0.2, -0.15) is 0 Å². The predicted octanol–water partition coefficient (Wildman–Crippen LogP) is 1.53. The lowest BCUT2D eigenvalue weighted by Gasteiger charge is -2.26. The number of aryl methyl sites for hydroxylation is 1. The average molecular weight is 301 g/mol. The summed E-state index contributed by atoms with van der Waals surface area (Å²) < 4.78 is 0. The second-order valence-electron chi connectivity index (χ2n) is 6.44. The van der Waals surface area contributed by atoms with Crippen molar-refractivity contribution in [3.05, 3.63) is 29.8 Å². The van der Waals surface area contributed by atoms with Crippen LogP contribution in [0.15, 0.2) is 24.3 Å². The minimum Gasteiger partial charge on any atom is -0.352 e. The summed E-state index contributed by atoms with van der Waals surface area (Å²) in [6.07, 6.45) is 3.04. The average Bonchev–Trinajstić information content (AvgIpc) is 2.70. The lowest BCUT2D eigenvalue weighted by Crippen LogP contribution is -2.42. The Bertz CT molecular complexity index is 556. The van der Waals surface area contributed by atoms with E-state index in [-0.39, 0.29) is 23.8 Å². The maximum absolute atomic E-state index is 12.2. The van der Waals surface area contributed by atoms with Crippen molar-refractivity contribution in [1.29, 1.82) is 0 Å². The highest BCUT2D eigenvalue weighted by atomic mass is 16.2. The Hall–Kier alpha value is -1.88. The maximum Gasteiger partial charge on any atom is 0.238 e. The number of nitrogens with one attached hydrogen (secondary N) is 2. The number of carbonyl (C=O) groups is 2. The molecule has 2 fully saturated rings. The molecule has 0 unspecified atom stereocenters. The van der Waals surface area contributed by atoms with Gasteiger partial charge in [-0.1, -0.05) is 24.1 Å². The van der Waals surface area contributed by atoms with E-state index in [4.69, 9.17) is 0 Å². The van der Waals surface area contributed by atoms with E-state index < -0.39 is 0 Å². The molecule has 2 atom stereocenters. The van der Waals surface area contributed by atoms with Crippen LogP contribution in [-0.2, 0) is 9.59 Å². The molecule has 0 saturated carbocycles. The summed E-state index contributed by atoms with van der Waals surface area (Å²) in [5.41, 5.74) is 1.99. The topological polar surface area (TPSA) is 61.4 Å². The molecule has 1 aromatic carbocycles. The highest BCUT2D eigenvalue weighted by Crippen LogP contribution is 2.21. The van der Waals surface area contributed by atoms with Crippen molar-refractivity contribution in [3.63, 3.8) is 0 Å². The zero-order valence-corrected chi connectivity index (χ0v) is 13.0. The van der Waals surface area contributed by atoms with Crippen molar-refractivity contribution >= 4 is 17.5 Å². The van der Waals surface area contributed by atoms with Crippen molar-refractivity contribution in [2.24, 2.45) is 5.92 Å². The van der Waals surface area contributed by atoms with Gasteiger partial charge in [-0.25, -0.2) is 0 Å². The van der Waals surface area contributed by atoms with Crippen LogP contribution in [0.5, 0.6) is 0 Å². The van der Waals surface area contributed by atoms with Gasteiger partial charge in [-0.3, -0.25) is 14.5 Å². The summed E-state index contributed by atoms with van der Waals surface area (Å²) in [6.45, 7) is 3.81. The van der Waals surface area contributed by atoms with Gasteiger partial charge < -0.3 is 10.6 Å². The van der Waals surface area contributed by atoms with E-state index in [1.54, 1.807) is 0 Å². The van der Waals surface area contributed by atoms with E-state index in [1.807, 2.05) is 31.2 Å². The molecule has 2 bridgehead atoms. The molecule has 0 aromatic heterocycles. The molecule has 0 radical (unpaired) electrons. The van der Waals surface area contributed by atoms with Gasteiger partial charge in [0.15, 0.2) is 0 Å². The molecule has 5 heteroatoms. The van der Waals surface area contributed by atoms with Gasteiger partial charge in [0.05, 0.1) is 12.5 Å². The van der Waals surface area contributed by atoms with Crippen molar-refractivity contribution in [1.82, 2.24) is 10.2 Å². The molecule has 22 heavy (non-hydrogen) atoms. The second-order valence-corrected chi connectivity index (χ2v) is 6.44. The van der Waals surface area contributed by atoms with Crippen molar-refractivity contribution < 1.29 is 9.59 Å². The molecule has 1 aromatic rings. The van der Waals surface area contributed by atoms with Gasteiger partial charge in [0, 0.05) is 24.8 Å². The third-order valence-corrected chi connectivity index (χ3v) is 4.48. The number of hydrogen-bond acceptors (Lipinski definition) is 3. The molecular formula is C17H23N3O2. The first-order valence-electron chi connectivity index (χ1n) is 7.99. The van der Waals surface area contributed by atoms with Crippen molar-refractivity contribution in [3.8, 4) is 0 Å². The van der Waals surface area contributed by atoms with Crippen LogP contribution in [0.25, 0.3) is 0 Å². The zero-order valence-electron chi connectivity index (χ0n) is 13.0. The third kappa shape index (κ3) is 3.65. The number of carbonyl (C=O) groups excluding carboxylic acids is 2. The molecule has 5 nitrogen and oxygen atoms in total. The summed E-state index contributed by atoms with van der Waals surface area (Å²) in [4.78, 5) is 26.3. The number of nitrogens with zero attached hydrogens (tertiary/aromatic N) is 1. The van der Waals surface area contributed by atoms with Crippen LogP contribution in [0.3, 0.4) is 0 Å². The molecule has 2 aliphatic rings. The maximum atomic E-state index is 12.2. The monoisotopic (exact) mass is 301 g/mol.